The molecule has 0 amide bonds. The second-order valence-electron chi connectivity index (χ2n) is 5.39. The number of alkyl halides is 2. The maximum Gasteiger partial charge on any atom is 0.240 e. The first-order valence-corrected chi connectivity index (χ1v) is 7.39. The Morgan fingerprint density at radius 2 is 2.00 bits per heavy atom. The number of hydrogen-bond donors (Lipinski definition) is 1. The summed E-state index contributed by atoms with van der Waals surface area (Å²) in [6.07, 6.45) is -2.57. The zero-order chi connectivity index (χ0) is 15.5. The van der Waals surface area contributed by atoms with Crippen LogP contribution in [0, 0.1) is 0 Å². The van der Waals surface area contributed by atoms with Crippen molar-refractivity contribution in [3.63, 3.8) is 0 Å². The Kier molecular flexibility index (Phi) is 6.26. The average molecular weight is 351 g/mol. The van der Waals surface area contributed by atoms with E-state index in [1.54, 1.807) is 12.1 Å². The molecule has 8 heteroatoms. The van der Waals surface area contributed by atoms with Crippen LogP contribution in [0.3, 0.4) is 0 Å². The van der Waals surface area contributed by atoms with E-state index in [2.05, 4.69) is 10.2 Å². The molecule has 0 radical (unpaired) electrons. The molecule has 0 bridgehead atoms. The van der Waals surface area contributed by atoms with Crippen molar-refractivity contribution in [2.75, 3.05) is 40.1 Å². The van der Waals surface area contributed by atoms with E-state index in [-0.39, 0.29) is 31.7 Å². The summed E-state index contributed by atoms with van der Waals surface area (Å²) in [5.41, 5.74) is 0.781. The minimum absolute atomic E-state index is 0. The number of nitrogens with one attached hydrogen (secondary N) is 1. The second-order valence-corrected chi connectivity index (χ2v) is 5.39. The number of ether oxygens (including phenoxy) is 3. The van der Waals surface area contributed by atoms with E-state index in [1.807, 2.05) is 0 Å². The standard InChI is InChI=1S/C15H20F2N2O3.ClH/c1-20-12-6-10(7-13-15(12)22-9-21-13)11(8-14(16)17)19-4-2-18-3-5-19;/h6-7,11,14,18H,2-5,8-9H2,1H3;1H/t11-;/m0./s1. The van der Waals surface area contributed by atoms with Crippen molar-refractivity contribution in [2.24, 2.45) is 0 Å². The van der Waals surface area contributed by atoms with Crippen LogP contribution in [0.1, 0.15) is 18.0 Å². The third-order valence-electron chi connectivity index (χ3n) is 4.06. The highest BCUT2D eigenvalue weighted by molar-refractivity contribution is 5.85. The molecule has 2 aliphatic rings. The molecule has 0 spiro atoms. The van der Waals surface area contributed by atoms with E-state index in [0.29, 0.717) is 17.2 Å². The van der Waals surface area contributed by atoms with Gasteiger partial charge in [0.15, 0.2) is 11.5 Å². The molecule has 23 heavy (non-hydrogen) atoms. The van der Waals surface area contributed by atoms with Gasteiger partial charge in [0.05, 0.1) is 7.11 Å². The molecular formula is C15H21ClF2N2O3. The van der Waals surface area contributed by atoms with Crippen LogP contribution < -0.4 is 19.5 Å². The molecule has 0 aromatic heterocycles. The van der Waals surface area contributed by atoms with Crippen LogP contribution in [0.15, 0.2) is 12.1 Å². The third-order valence-corrected chi connectivity index (χ3v) is 4.06. The summed E-state index contributed by atoms with van der Waals surface area (Å²) in [7, 11) is 1.54. The fourth-order valence-electron chi connectivity index (χ4n) is 3.00. The Labute approximate surface area is 140 Å². The zero-order valence-corrected chi connectivity index (χ0v) is 13.7. The van der Waals surface area contributed by atoms with Crippen LogP contribution in [0.2, 0.25) is 0 Å². The van der Waals surface area contributed by atoms with Gasteiger partial charge in [-0.2, -0.15) is 0 Å². The van der Waals surface area contributed by atoms with Gasteiger partial charge in [-0.3, -0.25) is 4.90 Å². The smallest absolute Gasteiger partial charge is 0.240 e. The number of fused-ring (bicyclic) bond motifs is 1. The number of rotatable bonds is 5. The summed E-state index contributed by atoms with van der Waals surface area (Å²) in [5.74, 6) is 1.63. The van der Waals surface area contributed by atoms with Crippen molar-refractivity contribution in [2.45, 2.75) is 18.9 Å². The Morgan fingerprint density at radius 1 is 1.26 bits per heavy atom. The van der Waals surface area contributed by atoms with E-state index in [4.69, 9.17) is 14.2 Å². The molecule has 1 N–H and O–H groups in total. The first-order valence-electron chi connectivity index (χ1n) is 7.39. The maximum atomic E-state index is 13.1. The minimum atomic E-state index is -2.36. The van der Waals surface area contributed by atoms with Gasteiger partial charge in [0.2, 0.25) is 19.0 Å². The molecule has 1 fully saturated rings. The summed E-state index contributed by atoms with van der Waals surface area (Å²) >= 11 is 0. The van der Waals surface area contributed by atoms with Gasteiger partial charge in [0, 0.05) is 38.6 Å². The van der Waals surface area contributed by atoms with E-state index < -0.39 is 6.43 Å². The highest BCUT2D eigenvalue weighted by Crippen LogP contribution is 2.44. The molecule has 2 aliphatic heterocycles. The fraction of sp³-hybridized carbons (Fsp3) is 0.600. The van der Waals surface area contributed by atoms with Crippen LogP contribution in [-0.2, 0) is 0 Å². The van der Waals surface area contributed by atoms with Crippen LogP contribution in [0.5, 0.6) is 17.2 Å². The summed E-state index contributed by atoms with van der Waals surface area (Å²) in [6, 6.07) is 3.22. The SMILES string of the molecule is COc1cc([C@H](CC(F)F)N2CCNCC2)cc2c1OCO2.Cl. The van der Waals surface area contributed by atoms with E-state index in [0.717, 1.165) is 31.7 Å². The molecule has 1 atom stereocenters. The van der Waals surface area contributed by atoms with Crippen LogP contribution >= 0.6 is 12.4 Å². The average Bonchev–Trinajstić information content (AvgIpc) is 3.00. The number of methoxy groups -OCH3 is 1. The number of hydrogen-bond acceptors (Lipinski definition) is 5. The van der Waals surface area contributed by atoms with Crippen LogP contribution in [-0.4, -0.2) is 51.4 Å². The number of nitrogens with zero attached hydrogens (tertiary/aromatic N) is 1. The third kappa shape index (κ3) is 3.97. The molecule has 0 saturated carbocycles. The summed E-state index contributed by atoms with van der Waals surface area (Å²) in [4.78, 5) is 2.08. The lowest BCUT2D eigenvalue weighted by atomic mass is 10.00. The zero-order valence-electron chi connectivity index (χ0n) is 12.9. The lowest BCUT2D eigenvalue weighted by Crippen LogP contribution is -2.45. The van der Waals surface area contributed by atoms with Crippen LogP contribution in [0.25, 0.3) is 0 Å². The van der Waals surface area contributed by atoms with Gasteiger partial charge in [-0.05, 0) is 17.7 Å². The van der Waals surface area contributed by atoms with E-state index in [1.165, 1.54) is 7.11 Å². The Hall–Kier alpha value is -1.31. The van der Waals surface area contributed by atoms with Gasteiger partial charge >= 0.3 is 0 Å². The molecule has 0 unspecified atom stereocenters. The predicted molar refractivity (Wildman–Crippen MR) is 84.2 cm³/mol. The van der Waals surface area contributed by atoms with E-state index >= 15 is 0 Å². The highest BCUT2D eigenvalue weighted by Gasteiger charge is 2.29. The van der Waals surface area contributed by atoms with Crippen LogP contribution in [0.4, 0.5) is 8.78 Å². The van der Waals surface area contributed by atoms with Gasteiger partial charge in [-0.15, -0.1) is 12.4 Å². The van der Waals surface area contributed by atoms with Crippen molar-refractivity contribution in [1.82, 2.24) is 10.2 Å². The van der Waals surface area contributed by atoms with E-state index in [9.17, 15) is 8.78 Å². The fourth-order valence-corrected chi connectivity index (χ4v) is 3.00. The van der Waals surface area contributed by atoms with Gasteiger partial charge in [0.25, 0.3) is 0 Å². The van der Waals surface area contributed by atoms with Gasteiger partial charge in [-0.25, -0.2) is 8.78 Å². The lowest BCUT2D eigenvalue weighted by Gasteiger charge is -2.35. The molecule has 130 valence electrons. The number of halogens is 3. The Bertz CT molecular complexity index is 528. The molecule has 1 aromatic rings. The largest absolute Gasteiger partial charge is 0.493 e. The molecule has 2 heterocycles. The van der Waals surface area contributed by atoms with Gasteiger partial charge in [0.1, 0.15) is 0 Å². The lowest BCUT2D eigenvalue weighted by molar-refractivity contribution is 0.0737. The summed E-state index contributed by atoms with van der Waals surface area (Å²) < 4.78 is 42.2. The topological polar surface area (TPSA) is 43.0 Å². The van der Waals surface area contributed by atoms with Crippen molar-refractivity contribution in [3.05, 3.63) is 17.7 Å². The maximum absolute atomic E-state index is 13.1. The summed E-state index contributed by atoms with van der Waals surface area (Å²) in [6.45, 7) is 3.23. The first-order chi connectivity index (χ1) is 10.7. The Morgan fingerprint density at radius 3 is 2.65 bits per heavy atom. The van der Waals surface area contributed by atoms with Gasteiger partial charge in [-0.1, -0.05) is 0 Å². The highest BCUT2D eigenvalue weighted by atomic mass is 35.5. The Balaban J connectivity index is 0.00000192. The van der Waals surface area contributed by atoms with Crippen molar-refractivity contribution >= 4 is 12.4 Å². The van der Waals surface area contributed by atoms with Gasteiger partial charge < -0.3 is 19.5 Å². The minimum Gasteiger partial charge on any atom is -0.493 e. The second kappa shape index (κ2) is 7.99. The molecule has 0 aliphatic carbocycles. The molecular weight excluding hydrogens is 330 g/mol. The first kappa shape index (κ1) is 18.0. The molecule has 1 aromatic carbocycles. The van der Waals surface area contributed by atoms with Crippen molar-refractivity contribution in [3.8, 4) is 17.2 Å². The monoisotopic (exact) mass is 350 g/mol. The number of benzene rings is 1. The number of piperazine rings is 1. The quantitative estimate of drug-likeness (QED) is 0.883. The molecule has 3 rings (SSSR count). The van der Waals surface area contributed by atoms with Crippen molar-refractivity contribution < 1.29 is 23.0 Å². The predicted octanol–water partition coefficient (Wildman–Crippen LogP) is 2.45. The summed E-state index contributed by atoms with van der Waals surface area (Å²) in [5, 5.41) is 3.24. The van der Waals surface area contributed by atoms with Crippen molar-refractivity contribution in [1.29, 1.82) is 0 Å². The molecule has 1 saturated heterocycles. The molecule has 5 nitrogen and oxygen atoms in total. The normalized spacial score (nSPS) is 18.6.